The maximum Gasteiger partial charge on any atom is 0.133 e. The highest BCUT2D eigenvalue weighted by Gasteiger charge is 2.32. The van der Waals surface area contributed by atoms with Crippen LogP contribution in [0.15, 0.2) is 6.07 Å². The molecule has 2 atom stereocenters. The summed E-state index contributed by atoms with van der Waals surface area (Å²) in [6.07, 6.45) is 10.7. The van der Waals surface area contributed by atoms with Gasteiger partial charge in [0.05, 0.1) is 0 Å². The van der Waals surface area contributed by atoms with Crippen LogP contribution in [-0.4, -0.2) is 18.1 Å². The van der Waals surface area contributed by atoms with Gasteiger partial charge in [-0.2, -0.15) is 0 Å². The lowest BCUT2D eigenvalue weighted by atomic mass is 9.75. The summed E-state index contributed by atoms with van der Waals surface area (Å²) in [6.45, 7) is 3.02. The first-order chi connectivity index (χ1) is 10.3. The maximum absolute atomic E-state index is 6.02. The molecule has 1 saturated carbocycles. The molecule has 0 radical (unpaired) electrons. The largest absolute Gasteiger partial charge is 0.356 e. The highest BCUT2D eigenvalue weighted by molar-refractivity contribution is 5.51. The van der Waals surface area contributed by atoms with Crippen molar-refractivity contribution in [3.8, 4) is 0 Å². The summed E-state index contributed by atoms with van der Waals surface area (Å²) in [7, 11) is 0. The summed E-state index contributed by atoms with van der Waals surface area (Å²) in [6, 6.07) is 2.34. The Labute approximate surface area is 127 Å². The molecule has 1 aliphatic heterocycles. The number of piperidine rings is 1. The molecule has 0 spiro atoms. The number of aryl methyl sites for hydroxylation is 2. The van der Waals surface area contributed by atoms with E-state index in [0.29, 0.717) is 6.54 Å². The molecule has 1 aromatic rings. The van der Waals surface area contributed by atoms with E-state index in [4.69, 9.17) is 10.7 Å². The van der Waals surface area contributed by atoms with Crippen LogP contribution in [0.3, 0.4) is 0 Å². The lowest BCUT2D eigenvalue weighted by Crippen LogP contribution is -2.42. The van der Waals surface area contributed by atoms with Crippen molar-refractivity contribution in [2.45, 2.75) is 57.9 Å². The Balaban J connectivity index is 1.61. The van der Waals surface area contributed by atoms with Crippen molar-refractivity contribution in [2.24, 2.45) is 17.6 Å². The van der Waals surface area contributed by atoms with Crippen LogP contribution in [0.2, 0.25) is 0 Å². The molecule has 4 rings (SSSR count). The number of anilines is 1. The Morgan fingerprint density at radius 3 is 2.81 bits per heavy atom. The number of pyridine rings is 1. The molecule has 114 valence electrons. The first-order valence-electron chi connectivity index (χ1n) is 8.82. The first kappa shape index (κ1) is 13.6. The van der Waals surface area contributed by atoms with E-state index < -0.39 is 0 Å². The molecule has 2 fully saturated rings. The van der Waals surface area contributed by atoms with Gasteiger partial charge >= 0.3 is 0 Å². The van der Waals surface area contributed by atoms with Gasteiger partial charge in [-0.3, -0.25) is 0 Å². The smallest absolute Gasteiger partial charge is 0.133 e. The van der Waals surface area contributed by atoms with Crippen LogP contribution in [0.1, 0.15) is 55.3 Å². The van der Waals surface area contributed by atoms with Gasteiger partial charge < -0.3 is 10.6 Å². The highest BCUT2D eigenvalue weighted by Crippen LogP contribution is 2.38. The molecule has 0 aromatic carbocycles. The van der Waals surface area contributed by atoms with Gasteiger partial charge in [0, 0.05) is 30.9 Å². The lowest BCUT2D eigenvalue weighted by molar-refractivity contribution is 0.202. The van der Waals surface area contributed by atoms with E-state index in [1.807, 2.05) is 0 Å². The van der Waals surface area contributed by atoms with Gasteiger partial charge in [0.25, 0.3) is 0 Å². The minimum Gasteiger partial charge on any atom is -0.356 e. The van der Waals surface area contributed by atoms with Gasteiger partial charge in [0.1, 0.15) is 5.82 Å². The topological polar surface area (TPSA) is 42.1 Å². The predicted octanol–water partition coefficient (Wildman–Crippen LogP) is 3.05. The molecule has 2 unspecified atom stereocenters. The zero-order valence-electron chi connectivity index (χ0n) is 13.0. The second-order valence-electron chi connectivity index (χ2n) is 7.17. The molecule has 2 aliphatic carbocycles. The van der Waals surface area contributed by atoms with Crippen molar-refractivity contribution in [2.75, 3.05) is 18.0 Å². The second kappa shape index (κ2) is 5.60. The van der Waals surface area contributed by atoms with E-state index >= 15 is 0 Å². The molecule has 0 bridgehead atoms. The van der Waals surface area contributed by atoms with E-state index in [2.05, 4.69) is 11.0 Å². The standard InChI is InChI=1S/C18H27N3/c19-11-16-10-14-6-3-7-17(14)20-18(16)21-9-8-13-4-1-2-5-15(13)12-21/h10,13,15H,1-9,11-12,19H2. The number of hydrogen-bond donors (Lipinski definition) is 1. The minimum atomic E-state index is 0.625. The van der Waals surface area contributed by atoms with Gasteiger partial charge in [-0.25, -0.2) is 4.98 Å². The van der Waals surface area contributed by atoms with Crippen LogP contribution in [-0.2, 0) is 19.4 Å². The van der Waals surface area contributed by atoms with Gasteiger partial charge in [-0.1, -0.05) is 19.3 Å². The summed E-state index contributed by atoms with van der Waals surface area (Å²) < 4.78 is 0. The number of hydrogen-bond acceptors (Lipinski definition) is 3. The van der Waals surface area contributed by atoms with Crippen LogP contribution in [0.5, 0.6) is 0 Å². The fraction of sp³-hybridized carbons (Fsp3) is 0.722. The molecule has 3 heteroatoms. The number of nitrogens with zero attached hydrogens (tertiary/aromatic N) is 2. The molecule has 3 aliphatic rings. The zero-order chi connectivity index (χ0) is 14.2. The van der Waals surface area contributed by atoms with Gasteiger partial charge in [-0.15, -0.1) is 0 Å². The van der Waals surface area contributed by atoms with Crippen molar-refractivity contribution in [1.82, 2.24) is 4.98 Å². The van der Waals surface area contributed by atoms with Crippen LogP contribution < -0.4 is 10.6 Å². The van der Waals surface area contributed by atoms with Crippen LogP contribution in [0.25, 0.3) is 0 Å². The molecular weight excluding hydrogens is 258 g/mol. The molecule has 1 saturated heterocycles. The lowest BCUT2D eigenvalue weighted by Gasteiger charge is -2.42. The predicted molar refractivity (Wildman–Crippen MR) is 86.4 cm³/mol. The number of rotatable bonds is 2. The normalized spacial score (nSPS) is 28.3. The van der Waals surface area contributed by atoms with Crippen molar-refractivity contribution in [3.05, 3.63) is 22.9 Å². The number of aromatic nitrogens is 1. The van der Waals surface area contributed by atoms with E-state index in [1.54, 1.807) is 0 Å². The Bertz CT molecular complexity index is 525. The van der Waals surface area contributed by atoms with Crippen molar-refractivity contribution in [1.29, 1.82) is 0 Å². The van der Waals surface area contributed by atoms with Crippen molar-refractivity contribution >= 4 is 5.82 Å². The van der Waals surface area contributed by atoms with Crippen LogP contribution >= 0.6 is 0 Å². The molecule has 0 amide bonds. The first-order valence-corrected chi connectivity index (χ1v) is 8.82. The minimum absolute atomic E-state index is 0.625. The summed E-state index contributed by atoms with van der Waals surface area (Å²) in [5.41, 5.74) is 10.1. The summed E-state index contributed by atoms with van der Waals surface area (Å²) in [5, 5.41) is 0. The monoisotopic (exact) mass is 285 g/mol. The van der Waals surface area contributed by atoms with E-state index in [1.165, 1.54) is 80.7 Å². The SMILES string of the molecule is NCc1cc2c(nc1N1CCC3CCCCC3C1)CCC2. The third kappa shape index (κ3) is 2.46. The fourth-order valence-corrected chi connectivity index (χ4v) is 4.73. The molecule has 2 heterocycles. The van der Waals surface area contributed by atoms with Gasteiger partial charge in [0.2, 0.25) is 0 Å². The Kier molecular flexibility index (Phi) is 3.62. The Morgan fingerprint density at radius 1 is 1.10 bits per heavy atom. The highest BCUT2D eigenvalue weighted by atomic mass is 15.2. The van der Waals surface area contributed by atoms with Gasteiger partial charge in [0.15, 0.2) is 0 Å². The third-order valence-electron chi connectivity index (χ3n) is 5.92. The van der Waals surface area contributed by atoms with Crippen LogP contribution in [0.4, 0.5) is 5.82 Å². The number of nitrogens with two attached hydrogens (primary N) is 1. The Morgan fingerprint density at radius 2 is 1.95 bits per heavy atom. The zero-order valence-corrected chi connectivity index (χ0v) is 13.0. The van der Waals surface area contributed by atoms with E-state index in [-0.39, 0.29) is 0 Å². The van der Waals surface area contributed by atoms with E-state index in [0.717, 1.165) is 18.3 Å². The summed E-state index contributed by atoms with van der Waals surface area (Å²) in [5.74, 6) is 3.08. The number of fused-ring (bicyclic) bond motifs is 2. The molecule has 2 N–H and O–H groups in total. The van der Waals surface area contributed by atoms with Crippen LogP contribution in [0, 0.1) is 11.8 Å². The molecule has 21 heavy (non-hydrogen) atoms. The van der Waals surface area contributed by atoms with E-state index in [9.17, 15) is 0 Å². The molecule has 3 nitrogen and oxygen atoms in total. The van der Waals surface area contributed by atoms with Crippen molar-refractivity contribution < 1.29 is 0 Å². The average molecular weight is 285 g/mol. The summed E-state index contributed by atoms with van der Waals surface area (Å²) >= 11 is 0. The second-order valence-corrected chi connectivity index (χ2v) is 7.17. The molecular formula is C18H27N3. The van der Waals surface area contributed by atoms with Crippen molar-refractivity contribution in [3.63, 3.8) is 0 Å². The fourth-order valence-electron chi connectivity index (χ4n) is 4.73. The summed E-state index contributed by atoms with van der Waals surface area (Å²) in [4.78, 5) is 7.58. The maximum atomic E-state index is 6.02. The third-order valence-corrected chi connectivity index (χ3v) is 5.92. The quantitative estimate of drug-likeness (QED) is 0.908. The Hall–Kier alpha value is -1.09. The van der Waals surface area contributed by atoms with Gasteiger partial charge in [-0.05, 0) is 55.6 Å². The average Bonchev–Trinajstić information content (AvgIpc) is 3.00. The molecule has 1 aromatic heterocycles.